The van der Waals surface area contributed by atoms with Crippen molar-refractivity contribution in [2.45, 2.75) is 6.92 Å². The van der Waals surface area contributed by atoms with Gasteiger partial charge in [0.1, 0.15) is 0 Å². The molecular formula is C13H11BrN2O3. The molecule has 0 atom stereocenters. The molecule has 0 aliphatic heterocycles. The Hall–Kier alpha value is -2.08. The van der Waals surface area contributed by atoms with Gasteiger partial charge in [0.25, 0.3) is 5.91 Å². The zero-order valence-corrected chi connectivity index (χ0v) is 11.7. The van der Waals surface area contributed by atoms with Gasteiger partial charge in [-0.2, -0.15) is 0 Å². The fraction of sp³-hybridized carbons (Fsp3) is 0.0769. The van der Waals surface area contributed by atoms with E-state index in [9.17, 15) is 9.59 Å². The maximum absolute atomic E-state index is 11.7. The van der Waals surface area contributed by atoms with Crippen molar-refractivity contribution in [2.75, 3.05) is 0 Å². The van der Waals surface area contributed by atoms with Gasteiger partial charge in [-0.1, -0.05) is 17.7 Å². The third-order valence-corrected chi connectivity index (χ3v) is 2.83. The number of aryl methyl sites for hydroxylation is 1. The Kier molecular flexibility index (Phi) is 4.01. The van der Waals surface area contributed by atoms with Gasteiger partial charge in [0.05, 0.1) is 0 Å². The monoisotopic (exact) mass is 322 g/mol. The minimum absolute atomic E-state index is 0.107. The summed E-state index contributed by atoms with van der Waals surface area (Å²) in [5.74, 6) is -0.804. The second-order valence-electron chi connectivity index (χ2n) is 3.88. The fourth-order valence-electron chi connectivity index (χ4n) is 1.39. The number of rotatable bonds is 2. The van der Waals surface area contributed by atoms with Crippen LogP contribution in [0.4, 0.5) is 0 Å². The molecule has 0 radical (unpaired) electrons. The smallest absolute Gasteiger partial charge is 0.305 e. The molecule has 2 aromatic rings. The largest absolute Gasteiger partial charge is 0.444 e. The summed E-state index contributed by atoms with van der Waals surface area (Å²) in [4.78, 5) is 23.3. The van der Waals surface area contributed by atoms with Gasteiger partial charge in [0.2, 0.25) is 0 Å². The number of amides is 2. The van der Waals surface area contributed by atoms with Crippen LogP contribution < -0.4 is 10.9 Å². The quantitative estimate of drug-likeness (QED) is 0.834. The minimum atomic E-state index is -0.522. The van der Waals surface area contributed by atoms with Crippen molar-refractivity contribution in [1.82, 2.24) is 10.9 Å². The number of furan rings is 1. The van der Waals surface area contributed by atoms with Crippen molar-refractivity contribution in [2.24, 2.45) is 0 Å². The first-order valence-electron chi connectivity index (χ1n) is 5.49. The predicted octanol–water partition coefficient (Wildman–Crippen LogP) is 2.43. The molecule has 6 heteroatoms. The van der Waals surface area contributed by atoms with Gasteiger partial charge in [-0.15, -0.1) is 0 Å². The Bertz CT molecular complexity index is 605. The number of halogens is 1. The average Bonchev–Trinajstić information content (AvgIpc) is 2.83. The fourth-order valence-corrected chi connectivity index (χ4v) is 1.70. The summed E-state index contributed by atoms with van der Waals surface area (Å²) in [6.45, 7) is 1.93. The van der Waals surface area contributed by atoms with Crippen molar-refractivity contribution in [1.29, 1.82) is 0 Å². The molecule has 1 heterocycles. The van der Waals surface area contributed by atoms with E-state index in [1.807, 2.05) is 19.1 Å². The van der Waals surface area contributed by atoms with Crippen LogP contribution in [-0.4, -0.2) is 11.8 Å². The van der Waals surface area contributed by atoms with Gasteiger partial charge in [-0.3, -0.25) is 20.4 Å². The van der Waals surface area contributed by atoms with Gasteiger partial charge in [0, 0.05) is 5.56 Å². The first-order chi connectivity index (χ1) is 9.06. The Morgan fingerprint density at radius 2 is 1.63 bits per heavy atom. The van der Waals surface area contributed by atoms with Gasteiger partial charge >= 0.3 is 5.91 Å². The van der Waals surface area contributed by atoms with Gasteiger partial charge in [-0.25, -0.2) is 0 Å². The second kappa shape index (κ2) is 5.71. The maximum Gasteiger partial charge on any atom is 0.305 e. The molecule has 0 spiro atoms. The zero-order valence-electron chi connectivity index (χ0n) is 10.1. The molecule has 98 valence electrons. The summed E-state index contributed by atoms with van der Waals surface area (Å²) in [7, 11) is 0. The van der Waals surface area contributed by atoms with Crippen molar-refractivity contribution in [3.63, 3.8) is 0 Å². The number of carbonyl (C=O) groups excluding carboxylic acids is 2. The summed E-state index contributed by atoms with van der Waals surface area (Å²) in [6, 6.07) is 10.1. The molecule has 1 aromatic carbocycles. The number of hydrogen-bond donors (Lipinski definition) is 2. The van der Waals surface area contributed by atoms with Crippen LogP contribution in [0.3, 0.4) is 0 Å². The van der Waals surface area contributed by atoms with E-state index in [0.717, 1.165) is 5.56 Å². The molecule has 2 rings (SSSR count). The molecule has 0 bridgehead atoms. The van der Waals surface area contributed by atoms with E-state index in [4.69, 9.17) is 4.42 Å². The third kappa shape index (κ3) is 3.45. The molecule has 19 heavy (non-hydrogen) atoms. The highest BCUT2D eigenvalue weighted by atomic mass is 79.9. The van der Waals surface area contributed by atoms with Crippen LogP contribution in [0.1, 0.15) is 26.5 Å². The molecule has 0 aliphatic rings. The number of carbonyl (C=O) groups is 2. The molecule has 1 aromatic heterocycles. The van der Waals surface area contributed by atoms with E-state index in [1.165, 1.54) is 6.07 Å². The van der Waals surface area contributed by atoms with Crippen LogP contribution in [0.5, 0.6) is 0 Å². The van der Waals surface area contributed by atoms with Crippen molar-refractivity contribution in [3.8, 4) is 0 Å². The molecule has 0 fully saturated rings. The Morgan fingerprint density at radius 1 is 1.00 bits per heavy atom. The molecule has 0 unspecified atom stereocenters. The zero-order chi connectivity index (χ0) is 13.8. The van der Waals surface area contributed by atoms with E-state index in [2.05, 4.69) is 26.8 Å². The molecule has 5 nitrogen and oxygen atoms in total. The molecule has 0 aliphatic carbocycles. The van der Waals surface area contributed by atoms with Crippen LogP contribution in [0.25, 0.3) is 0 Å². The van der Waals surface area contributed by atoms with Crippen LogP contribution in [-0.2, 0) is 0 Å². The van der Waals surface area contributed by atoms with Crippen molar-refractivity contribution >= 4 is 27.7 Å². The van der Waals surface area contributed by atoms with Crippen LogP contribution >= 0.6 is 15.9 Å². The van der Waals surface area contributed by atoms with Crippen LogP contribution in [0.2, 0.25) is 0 Å². The van der Waals surface area contributed by atoms with E-state index in [1.54, 1.807) is 18.2 Å². The SMILES string of the molecule is Cc1ccc(C(=O)NNC(=O)c2ccc(Br)o2)cc1. The van der Waals surface area contributed by atoms with E-state index >= 15 is 0 Å². The predicted molar refractivity (Wildman–Crippen MR) is 72.5 cm³/mol. The van der Waals surface area contributed by atoms with Crippen LogP contribution in [0.15, 0.2) is 45.5 Å². The van der Waals surface area contributed by atoms with Crippen molar-refractivity contribution in [3.05, 3.63) is 58.0 Å². The lowest BCUT2D eigenvalue weighted by atomic mass is 10.1. The standard InChI is InChI=1S/C13H11BrN2O3/c1-8-2-4-9(5-3-8)12(17)15-16-13(18)10-6-7-11(14)19-10/h2-7H,1H3,(H,15,17)(H,16,18). The Balaban J connectivity index is 1.93. The lowest BCUT2D eigenvalue weighted by Crippen LogP contribution is -2.41. The summed E-state index contributed by atoms with van der Waals surface area (Å²) < 4.78 is 5.50. The Labute approximate surface area is 118 Å². The summed E-state index contributed by atoms with van der Waals surface area (Å²) >= 11 is 3.09. The number of hydrogen-bond acceptors (Lipinski definition) is 3. The lowest BCUT2D eigenvalue weighted by molar-refractivity contribution is 0.0830. The first-order valence-corrected chi connectivity index (χ1v) is 6.28. The average molecular weight is 323 g/mol. The number of benzene rings is 1. The number of hydrazine groups is 1. The summed E-state index contributed by atoms with van der Waals surface area (Å²) in [5, 5.41) is 0. The molecule has 0 saturated heterocycles. The highest BCUT2D eigenvalue weighted by Gasteiger charge is 2.12. The molecular weight excluding hydrogens is 312 g/mol. The Morgan fingerprint density at radius 3 is 2.21 bits per heavy atom. The van der Waals surface area contributed by atoms with E-state index in [-0.39, 0.29) is 11.7 Å². The van der Waals surface area contributed by atoms with Gasteiger partial charge in [-0.05, 0) is 47.1 Å². The number of nitrogens with one attached hydrogen (secondary N) is 2. The normalized spacial score (nSPS) is 10.0. The van der Waals surface area contributed by atoms with Gasteiger partial charge in [0.15, 0.2) is 10.4 Å². The van der Waals surface area contributed by atoms with E-state index in [0.29, 0.717) is 10.2 Å². The third-order valence-electron chi connectivity index (χ3n) is 2.40. The highest BCUT2D eigenvalue weighted by Crippen LogP contribution is 2.13. The molecule has 0 saturated carbocycles. The summed E-state index contributed by atoms with van der Waals surface area (Å²) in [5.41, 5.74) is 6.11. The highest BCUT2D eigenvalue weighted by molar-refractivity contribution is 9.10. The second-order valence-corrected chi connectivity index (χ2v) is 4.66. The van der Waals surface area contributed by atoms with Crippen LogP contribution in [0, 0.1) is 6.92 Å². The maximum atomic E-state index is 11.7. The van der Waals surface area contributed by atoms with Crippen molar-refractivity contribution < 1.29 is 14.0 Å². The minimum Gasteiger partial charge on any atom is -0.444 e. The summed E-state index contributed by atoms with van der Waals surface area (Å²) in [6.07, 6.45) is 0. The van der Waals surface area contributed by atoms with E-state index < -0.39 is 5.91 Å². The van der Waals surface area contributed by atoms with Gasteiger partial charge < -0.3 is 4.42 Å². The molecule has 2 N–H and O–H groups in total. The first kappa shape index (κ1) is 13.4. The lowest BCUT2D eigenvalue weighted by Gasteiger charge is -2.06. The topological polar surface area (TPSA) is 71.3 Å². The molecule has 2 amide bonds.